The van der Waals surface area contributed by atoms with Crippen molar-refractivity contribution in [3.63, 3.8) is 0 Å². The van der Waals surface area contributed by atoms with Gasteiger partial charge in [0.2, 0.25) is 5.95 Å². The quantitative estimate of drug-likeness (QED) is 0.608. The Balaban J connectivity index is 1.74. The number of carbonyl (C=O) groups is 1. The van der Waals surface area contributed by atoms with Crippen molar-refractivity contribution in [2.75, 3.05) is 10.6 Å². The summed E-state index contributed by atoms with van der Waals surface area (Å²) in [6.07, 6.45) is -4.87. The van der Waals surface area contributed by atoms with Gasteiger partial charge in [0.1, 0.15) is 11.5 Å². The summed E-state index contributed by atoms with van der Waals surface area (Å²) in [5.41, 5.74) is -0.172. The van der Waals surface area contributed by atoms with E-state index in [1.807, 2.05) is 0 Å². The SMILES string of the molecule is Cc1cc(C)nc(Nc2nc(C(=O)Nc3ccc(F)c(C(F)(F)F)c3)cs2)n1. The maximum Gasteiger partial charge on any atom is 0.419 e. The Morgan fingerprint density at radius 1 is 1.07 bits per heavy atom. The van der Waals surface area contributed by atoms with Gasteiger partial charge in [-0.15, -0.1) is 11.3 Å². The molecule has 0 radical (unpaired) electrons. The molecule has 6 nitrogen and oxygen atoms in total. The minimum Gasteiger partial charge on any atom is -0.321 e. The van der Waals surface area contributed by atoms with Crippen LogP contribution >= 0.6 is 11.3 Å². The highest BCUT2D eigenvalue weighted by molar-refractivity contribution is 7.14. The summed E-state index contributed by atoms with van der Waals surface area (Å²) in [7, 11) is 0. The Labute approximate surface area is 160 Å². The van der Waals surface area contributed by atoms with E-state index in [1.165, 1.54) is 5.38 Å². The predicted molar refractivity (Wildman–Crippen MR) is 96.3 cm³/mol. The highest BCUT2D eigenvalue weighted by Gasteiger charge is 2.34. The highest BCUT2D eigenvalue weighted by Crippen LogP contribution is 2.33. The number of benzene rings is 1. The minimum absolute atomic E-state index is 0.0187. The van der Waals surface area contributed by atoms with E-state index < -0.39 is 23.5 Å². The topological polar surface area (TPSA) is 79.8 Å². The van der Waals surface area contributed by atoms with E-state index in [1.54, 1.807) is 19.9 Å². The first-order valence-corrected chi connectivity index (χ1v) is 8.73. The number of amides is 1. The van der Waals surface area contributed by atoms with Gasteiger partial charge in [-0.05, 0) is 38.1 Å². The zero-order chi connectivity index (χ0) is 20.5. The summed E-state index contributed by atoms with van der Waals surface area (Å²) in [5.74, 6) is -1.84. The van der Waals surface area contributed by atoms with Gasteiger partial charge in [-0.25, -0.2) is 19.3 Å². The average molecular weight is 411 g/mol. The van der Waals surface area contributed by atoms with Crippen molar-refractivity contribution in [1.29, 1.82) is 0 Å². The molecule has 3 aromatic rings. The molecule has 0 saturated heterocycles. The van der Waals surface area contributed by atoms with Gasteiger partial charge in [0.15, 0.2) is 5.13 Å². The molecule has 0 aliphatic rings. The number of anilines is 3. The molecule has 0 bridgehead atoms. The van der Waals surface area contributed by atoms with E-state index in [-0.39, 0.29) is 11.4 Å². The van der Waals surface area contributed by atoms with Crippen molar-refractivity contribution in [2.24, 2.45) is 0 Å². The number of thiazole rings is 1. The molecule has 0 spiro atoms. The van der Waals surface area contributed by atoms with Crippen LogP contribution in [-0.4, -0.2) is 20.9 Å². The molecule has 11 heteroatoms. The predicted octanol–water partition coefficient (Wildman–Crippen LogP) is 4.70. The highest BCUT2D eigenvalue weighted by atomic mass is 32.1. The second-order valence-corrected chi connectivity index (χ2v) is 6.64. The van der Waals surface area contributed by atoms with E-state index in [2.05, 4.69) is 25.6 Å². The lowest BCUT2D eigenvalue weighted by Crippen LogP contribution is -2.14. The smallest absolute Gasteiger partial charge is 0.321 e. The largest absolute Gasteiger partial charge is 0.419 e. The molecule has 0 aliphatic heterocycles. The Hall–Kier alpha value is -3.08. The molecule has 1 aromatic carbocycles. The lowest BCUT2D eigenvalue weighted by atomic mass is 10.2. The van der Waals surface area contributed by atoms with Crippen molar-refractivity contribution in [2.45, 2.75) is 20.0 Å². The van der Waals surface area contributed by atoms with Crippen LogP contribution in [0.4, 0.5) is 34.3 Å². The number of nitrogens with zero attached hydrogens (tertiary/aromatic N) is 3. The van der Waals surface area contributed by atoms with Crippen molar-refractivity contribution in [3.05, 3.63) is 58.1 Å². The normalized spacial score (nSPS) is 11.4. The maximum atomic E-state index is 13.3. The molecular formula is C17H13F4N5OS. The third kappa shape index (κ3) is 4.60. The van der Waals surface area contributed by atoms with Gasteiger partial charge in [-0.1, -0.05) is 0 Å². The molecule has 0 unspecified atom stereocenters. The van der Waals surface area contributed by atoms with Crippen molar-refractivity contribution in [1.82, 2.24) is 15.0 Å². The Kier molecular flexibility index (Phi) is 5.27. The van der Waals surface area contributed by atoms with Gasteiger partial charge in [0.25, 0.3) is 5.91 Å². The van der Waals surface area contributed by atoms with Gasteiger partial charge in [0, 0.05) is 22.5 Å². The summed E-state index contributed by atoms with van der Waals surface area (Å²) in [4.78, 5) is 24.7. The second kappa shape index (κ2) is 7.50. The van der Waals surface area contributed by atoms with E-state index in [9.17, 15) is 22.4 Å². The lowest BCUT2D eigenvalue weighted by Gasteiger charge is -2.10. The molecule has 3 rings (SSSR count). The maximum absolute atomic E-state index is 13.3. The number of rotatable bonds is 4. The average Bonchev–Trinajstić information content (AvgIpc) is 3.03. The van der Waals surface area contributed by atoms with Crippen molar-refractivity contribution < 1.29 is 22.4 Å². The summed E-state index contributed by atoms with van der Waals surface area (Å²) in [6, 6.07) is 4.01. The zero-order valence-electron chi connectivity index (χ0n) is 14.6. The number of hydrogen-bond acceptors (Lipinski definition) is 6. The van der Waals surface area contributed by atoms with Crippen LogP contribution in [-0.2, 0) is 6.18 Å². The number of alkyl halides is 3. The third-order valence-corrected chi connectivity index (χ3v) is 4.23. The number of aryl methyl sites for hydroxylation is 2. The van der Waals surface area contributed by atoms with Crippen molar-refractivity contribution >= 4 is 34.0 Å². The van der Waals surface area contributed by atoms with Gasteiger partial charge in [-0.3, -0.25) is 4.79 Å². The van der Waals surface area contributed by atoms with Crippen LogP contribution in [0.1, 0.15) is 27.4 Å². The van der Waals surface area contributed by atoms with Crippen LogP contribution in [0.3, 0.4) is 0 Å². The number of halogens is 4. The molecule has 0 fully saturated rings. The molecule has 2 heterocycles. The van der Waals surface area contributed by atoms with Gasteiger partial charge >= 0.3 is 6.18 Å². The number of carbonyl (C=O) groups excluding carboxylic acids is 1. The fraction of sp³-hybridized carbons (Fsp3) is 0.176. The first-order valence-electron chi connectivity index (χ1n) is 7.85. The zero-order valence-corrected chi connectivity index (χ0v) is 15.4. The first-order chi connectivity index (χ1) is 13.1. The van der Waals surface area contributed by atoms with E-state index in [4.69, 9.17) is 0 Å². The second-order valence-electron chi connectivity index (χ2n) is 5.78. The molecule has 146 valence electrons. The number of hydrogen-bond donors (Lipinski definition) is 2. The molecule has 0 atom stereocenters. The Bertz CT molecular complexity index is 1010. The summed E-state index contributed by atoms with van der Waals surface area (Å²) >= 11 is 1.10. The van der Waals surface area contributed by atoms with Crippen molar-refractivity contribution in [3.8, 4) is 0 Å². The molecule has 28 heavy (non-hydrogen) atoms. The fourth-order valence-corrected chi connectivity index (χ4v) is 3.01. The number of nitrogens with one attached hydrogen (secondary N) is 2. The van der Waals surface area contributed by atoms with Gasteiger partial charge in [0.05, 0.1) is 5.56 Å². The van der Waals surface area contributed by atoms with Gasteiger partial charge < -0.3 is 10.6 Å². The lowest BCUT2D eigenvalue weighted by molar-refractivity contribution is -0.139. The molecule has 1 amide bonds. The fourth-order valence-electron chi connectivity index (χ4n) is 2.33. The van der Waals surface area contributed by atoms with Crippen LogP contribution in [0.2, 0.25) is 0 Å². The van der Waals surface area contributed by atoms with E-state index in [0.717, 1.165) is 28.8 Å². The molecule has 0 saturated carbocycles. The monoisotopic (exact) mass is 411 g/mol. The van der Waals surface area contributed by atoms with E-state index in [0.29, 0.717) is 23.2 Å². The minimum atomic E-state index is -4.87. The van der Waals surface area contributed by atoms with Crippen LogP contribution in [0.15, 0.2) is 29.6 Å². The standard InChI is InChI=1S/C17H13F4N5OS/c1-8-5-9(2)23-15(22-8)26-16-25-13(7-28-16)14(27)24-10-3-4-12(18)11(6-10)17(19,20)21/h3-7H,1-2H3,(H,24,27)(H,22,23,25,26). The molecule has 2 N–H and O–H groups in total. The molecule has 0 aliphatic carbocycles. The Morgan fingerprint density at radius 3 is 2.39 bits per heavy atom. The van der Waals surface area contributed by atoms with Crippen LogP contribution < -0.4 is 10.6 Å². The van der Waals surface area contributed by atoms with Crippen LogP contribution in [0.5, 0.6) is 0 Å². The summed E-state index contributed by atoms with van der Waals surface area (Å²) in [6.45, 7) is 3.61. The summed E-state index contributed by atoms with van der Waals surface area (Å²) < 4.78 is 51.6. The third-order valence-electron chi connectivity index (χ3n) is 3.47. The molecular weight excluding hydrogens is 398 g/mol. The first kappa shape index (κ1) is 19.7. The van der Waals surface area contributed by atoms with E-state index >= 15 is 0 Å². The van der Waals surface area contributed by atoms with Crippen LogP contribution in [0, 0.1) is 19.7 Å². The van der Waals surface area contributed by atoms with Gasteiger partial charge in [-0.2, -0.15) is 13.2 Å². The Morgan fingerprint density at radius 2 is 1.75 bits per heavy atom. The number of aromatic nitrogens is 3. The molecule has 2 aromatic heterocycles. The van der Waals surface area contributed by atoms with Crippen LogP contribution in [0.25, 0.3) is 0 Å². The summed E-state index contributed by atoms with van der Waals surface area (Å²) in [5, 5.41) is 6.90.